The van der Waals surface area contributed by atoms with Crippen molar-refractivity contribution < 1.29 is 0 Å². The fourth-order valence-corrected chi connectivity index (χ4v) is 2.84. The largest absolute Gasteiger partial charge is 0.363 e. The highest BCUT2D eigenvalue weighted by atomic mass is 15.1. The van der Waals surface area contributed by atoms with Gasteiger partial charge in [0.25, 0.3) is 0 Å². The zero-order chi connectivity index (χ0) is 13.9. The maximum absolute atomic E-state index is 6.03. The van der Waals surface area contributed by atoms with E-state index >= 15 is 0 Å². The van der Waals surface area contributed by atoms with Gasteiger partial charge in [-0.15, -0.1) is 0 Å². The van der Waals surface area contributed by atoms with Crippen LogP contribution in [0, 0.1) is 12.8 Å². The van der Waals surface area contributed by atoms with E-state index in [9.17, 15) is 0 Å². The Morgan fingerprint density at radius 1 is 1.37 bits per heavy atom. The summed E-state index contributed by atoms with van der Waals surface area (Å²) in [6.45, 7) is 7.06. The maximum Gasteiger partial charge on any atom is 0.130 e. The first-order chi connectivity index (χ1) is 9.07. The second-order valence-electron chi connectivity index (χ2n) is 5.94. The summed E-state index contributed by atoms with van der Waals surface area (Å²) in [5.74, 6) is 2.59. The number of aryl methyl sites for hydroxylation is 2. The van der Waals surface area contributed by atoms with Crippen LogP contribution in [0.25, 0.3) is 0 Å². The minimum Gasteiger partial charge on any atom is -0.363 e. The van der Waals surface area contributed by atoms with Gasteiger partial charge in [0.1, 0.15) is 11.6 Å². The first-order valence-electron chi connectivity index (χ1n) is 7.40. The minimum absolute atomic E-state index is 0.0261. The number of nitrogens with two attached hydrogens (primary N) is 1. The van der Waals surface area contributed by atoms with Crippen molar-refractivity contribution in [3.05, 3.63) is 17.6 Å². The Morgan fingerprint density at radius 2 is 2.05 bits per heavy atom. The van der Waals surface area contributed by atoms with E-state index in [-0.39, 0.29) is 5.54 Å². The molecule has 0 atom stereocenters. The highest BCUT2D eigenvalue weighted by Crippen LogP contribution is 2.33. The van der Waals surface area contributed by atoms with Crippen molar-refractivity contribution in [2.75, 3.05) is 11.9 Å². The molecule has 4 nitrogen and oxygen atoms in total. The molecule has 0 radical (unpaired) electrons. The van der Waals surface area contributed by atoms with Crippen LogP contribution in [0.3, 0.4) is 0 Å². The van der Waals surface area contributed by atoms with E-state index in [1.807, 2.05) is 6.92 Å². The Bertz CT molecular complexity index is 422. The molecule has 0 aliphatic heterocycles. The van der Waals surface area contributed by atoms with E-state index in [0.29, 0.717) is 6.54 Å². The Kier molecular flexibility index (Phi) is 4.40. The molecule has 106 valence electrons. The summed E-state index contributed by atoms with van der Waals surface area (Å²) < 4.78 is 0. The molecule has 3 N–H and O–H groups in total. The molecular weight excluding hydrogens is 236 g/mol. The van der Waals surface area contributed by atoms with Gasteiger partial charge in [-0.05, 0) is 44.9 Å². The van der Waals surface area contributed by atoms with Gasteiger partial charge in [-0.2, -0.15) is 0 Å². The molecule has 0 spiro atoms. The van der Waals surface area contributed by atoms with Crippen molar-refractivity contribution in [2.45, 2.75) is 58.4 Å². The molecule has 0 amide bonds. The smallest absolute Gasteiger partial charge is 0.130 e. The molecule has 1 saturated carbocycles. The fraction of sp³-hybridized carbons (Fsp3) is 0.733. The Hall–Kier alpha value is -1.16. The van der Waals surface area contributed by atoms with Crippen molar-refractivity contribution >= 4 is 5.82 Å². The third kappa shape index (κ3) is 3.44. The second kappa shape index (κ2) is 5.87. The SMILES string of the molecule is CCc1cc(NC2(CN)CCC(C)CC2)nc(C)n1. The van der Waals surface area contributed by atoms with Crippen LogP contribution in [-0.4, -0.2) is 22.1 Å². The van der Waals surface area contributed by atoms with E-state index in [0.717, 1.165) is 42.5 Å². The molecule has 0 saturated heterocycles. The Balaban J connectivity index is 2.16. The quantitative estimate of drug-likeness (QED) is 0.875. The number of nitrogens with zero attached hydrogens (tertiary/aromatic N) is 2. The summed E-state index contributed by atoms with van der Waals surface area (Å²) in [5.41, 5.74) is 7.15. The molecule has 0 unspecified atom stereocenters. The summed E-state index contributed by atoms with van der Waals surface area (Å²) in [4.78, 5) is 8.93. The highest BCUT2D eigenvalue weighted by Gasteiger charge is 2.33. The van der Waals surface area contributed by atoms with Crippen LogP contribution in [-0.2, 0) is 6.42 Å². The van der Waals surface area contributed by atoms with E-state index in [4.69, 9.17) is 5.73 Å². The number of hydrogen-bond acceptors (Lipinski definition) is 4. The standard InChI is InChI=1S/C15H26N4/c1-4-13-9-14(18-12(3)17-13)19-15(10-16)7-5-11(2)6-8-15/h9,11H,4-8,10,16H2,1-3H3,(H,17,18,19). The third-order valence-corrected chi connectivity index (χ3v) is 4.27. The number of nitrogens with one attached hydrogen (secondary N) is 1. The second-order valence-corrected chi connectivity index (χ2v) is 5.94. The van der Waals surface area contributed by atoms with Gasteiger partial charge in [0.2, 0.25) is 0 Å². The lowest BCUT2D eigenvalue weighted by Gasteiger charge is -2.39. The molecule has 2 rings (SSSR count). The van der Waals surface area contributed by atoms with Crippen molar-refractivity contribution in [3.8, 4) is 0 Å². The maximum atomic E-state index is 6.03. The molecular formula is C15H26N4. The summed E-state index contributed by atoms with van der Waals surface area (Å²) in [6.07, 6.45) is 5.69. The number of hydrogen-bond donors (Lipinski definition) is 2. The van der Waals surface area contributed by atoms with Gasteiger partial charge in [0.15, 0.2) is 0 Å². The lowest BCUT2D eigenvalue weighted by molar-refractivity contribution is 0.271. The summed E-state index contributed by atoms with van der Waals surface area (Å²) in [6, 6.07) is 2.06. The van der Waals surface area contributed by atoms with Crippen LogP contribution in [0.1, 0.15) is 51.0 Å². The summed E-state index contributed by atoms with van der Waals surface area (Å²) >= 11 is 0. The number of rotatable bonds is 4. The Labute approximate surface area is 116 Å². The minimum atomic E-state index is 0.0261. The lowest BCUT2D eigenvalue weighted by Crippen LogP contribution is -2.48. The number of anilines is 1. The molecule has 4 heteroatoms. The van der Waals surface area contributed by atoms with Gasteiger partial charge in [-0.3, -0.25) is 0 Å². The van der Waals surface area contributed by atoms with Gasteiger partial charge >= 0.3 is 0 Å². The van der Waals surface area contributed by atoms with E-state index in [2.05, 4.69) is 35.2 Å². The summed E-state index contributed by atoms with van der Waals surface area (Å²) in [7, 11) is 0. The van der Waals surface area contributed by atoms with Crippen molar-refractivity contribution in [2.24, 2.45) is 11.7 Å². The van der Waals surface area contributed by atoms with E-state index in [1.165, 1.54) is 12.8 Å². The predicted octanol–water partition coefficient (Wildman–Crippen LogP) is 2.67. The van der Waals surface area contributed by atoms with Crippen molar-refractivity contribution in [1.82, 2.24) is 9.97 Å². The van der Waals surface area contributed by atoms with Crippen molar-refractivity contribution in [3.63, 3.8) is 0 Å². The van der Waals surface area contributed by atoms with Crippen LogP contribution in [0.2, 0.25) is 0 Å². The van der Waals surface area contributed by atoms with Crippen LogP contribution in [0.4, 0.5) is 5.82 Å². The first-order valence-corrected chi connectivity index (χ1v) is 7.40. The van der Waals surface area contributed by atoms with Gasteiger partial charge in [-0.1, -0.05) is 13.8 Å². The normalized spacial score (nSPS) is 27.3. The van der Waals surface area contributed by atoms with Gasteiger partial charge in [0.05, 0.1) is 5.54 Å². The highest BCUT2D eigenvalue weighted by molar-refractivity contribution is 5.39. The number of aromatic nitrogens is 2. The molecule has 1 aromatic rings. The van der Waals surface area contributed by atoms with Gasteiger partial charge < -0.3 is 11.1 Å². The van der Waals surface area contributed by atoms with Gasteiger partial charge in [-0.25, -0.2) is 9.97 Å². The lowest BCUT2D eigenvalue weighted by atomic mass is 9.77. The average molecular weight is 262 g/mol. The van der Waals surface area contributed by atoms with Crippen LogP contribution < -0.4 is 11.1 Å². The van der Waals surface area contributed by atoms with Crippen LogP contribution in [0.15, 0.2) is 6.07 Å². The zero-order valence-corrected chi connectivity index (χ0v) is 12.4. The molecule has 1 fully saturated rings. The van der Waals surface area contributed by atoms with E-state index < -0.39 is 0 Å². The van der Waals surface area contributed by atoms with Crippen molar-refractivity contribution in [1.29, 1.82) is 0 Å². The average Bonchev–Trinajstić information content (AvgIpc) is 2.41. The fourth-order valence-electron chi connectivity index (χ4n) is 2.84. The third-order valence-electron chi connectivity index (χ3n) is 4.27. The predicted molar refractivity (Wildman–Crippen MR) is 79.2 cm³/mol. The zero-order valence-electron chi connectivity index (χ0n) is 12.4. The topological polar surface area (TPSA) is 63.8 Å². The molecule has 1 heterocycles. The molecule has 1 aliphatic carbocycles. The molecule has 1 aromatic heterocycles. The molecule has 1 aliphatic rings. The van der Waals surface area contributed by atoms with Crippen LogP contribution >= 0.6 is 0 Å². The first kappa shape index (κ1) is 14.3. The molecule has 19 heavy (non-hydrogen) atoms. The molecule has 0 bridgehead atoms. The van der Waals surface area contributed by atoms with Gasteiger partial charge in [0, 0.05) is 18.3 Å². The monoisotopic (exact) mass is 262 g/mol. The molecule has 0 aromatic carbocycles. The van der Waals surface area contributed by atoms with E-state index in [1.54, 1.807) is 0 Å². The van der Waals surface area contributed by atoms with Crippen LogP contribution in [0.5, 0.6) is 0 Å². The summed E-state index contributed by atoms with van der Waals surface area (Å²) in [5, 5.41) is 3.60. The Morgan fingerprint density at radius 3 is 2.63 bits per heavy atom.